The molecule has 0 radical (unpaired) electrons. The van der Waals surface area contributed by atoms with E-state index in [2.05, 4.69) is 5.32 Å². The zero-order valence-electron chi connectivity index (χ0n) is 12.0. The summed E-state index contributed by atoms with van der Waals surface area (Å²) in [6.07, 6.45) is 5.56. The Hall–Kier alpha value is -1.10. The second-order valence-electron chi connectivity index (χ2n) is 7.11. The molecule has 3 aliphatic carbocycles. The van der Waals surface area contributed by atoms with Crippen molar-refractivity contribution in [2.24, 2.45) is 28.9 Å². The van der Waals surface area contributed by atoms with E-state index in [1.54, 1.807) is 6.92 Å². The van der Waals surface area contributed by atoms with Gasteiger partial charge >= 0.3 is 5.97 Å². The van der Waals surface area contributed by atoms with Crippen molar-refractivity contribution >= 4 is 11.9 Å². The number of rotatable bonds is 3. The van der Waals surface area contributed by atoms with Gasteiger partial charge in [-0.25, -0.2) is 0 Å². The summed E-state index contributed by atoms with van der Waals surface area (Å²) < 4.78 is 0. The summed E-state index contributed by atoms with van der Waals surface area (Å²) in [5.41, 5.74) is 5.37. The smallest absolute Gasteiger partial charge is 0.311 e. The number of carboxylic acid groups (broad SMARTS) is 1. The fourth-order valence-electron chi connectivity index (χ4n) is 4.65. The van der Waals surface area contributed by atoms with Crippen molar-refractivity contribution < 1.29 is 14.7 Å². The zero-order chi connectivity index (χ0) is 14.5. The van der Waals surface area contributed by atoms with E-state index < -0.39 is 11.4 Å². The first-order valence-electron chi connectivity index (χ1n) is 7.73. The molecular formula is C15H24N2O3. The molecule has 0 spiro atoms. The second-order valence-corrected chi connectivity index (χ2v) is 7.11. The Morgan fingerprint density at radius 2 is 1.95 bits per heavy atom. The van der Waals surface area contributed by atoms with Gasteiger partial charge in [-0.05, 0) is 50.9 Å². The minimum absolute atomic E-state index is 0.0101. The van der Waals surface area contributed by atoms with Crippen molar-refractivity contribution in [3.63, 3.8) is 0 Å². The zero-order valence-corrected chi connectivity index (χ0v) is 12.0. The fraction of sp³-hybridized carbons (Fsp3) is 0.867. The number of aliphatic carboxylic acids is 1. The number of carbonyl (C=O) groups is 2. The van der Waals surface area contributed by atoms with Crippen molar-refractivity contribution in [3.05, 3.63) is 0 Å². The minimum Gasteiger partial charge on any atom is -0.481 e. The highest BCUT2D eigenvalue weighted by atomic mass is 16.4. The second kappa shape index (κ2) is 4.72. The van der Waals surface area contributed by atoms with Crippen LogP contribution in [0.1, 0.15) is 45.4 Å². The van der Waals surface area contributed by atoms with Crippen molar-refractivity contribution in [2.45, 2.75) is 57.5 Å². The van der Waals surface area contributed by atoms with E-state index in [0.29, 0.717) is 18.3 Å². The van der Waals surface area contributed by atoms with Gasteiger partial charge in [0.1, 0.15) is 0 Å². The maximum Gasteiger partial charge on any atom is 0.311 e. The van der Waals surface area contributed by atoms with Gasteiger partial charge in [-0.1, -0.05) is 6.42 Å². The number of hydrogen-bond acceptors (Lipinski definition) is 3. The first kappa shape index (κ1) is 13.9. The van der Waals surface area contributed by atoms with E-state index in [9.17, 15) is 14.7 Å². The highest BCUT2D eigenvalue weighted by Gasteiger charge is 2.51. The molecule has 6 atom stereocenters. The molecule has 0 aliphatic heterocycles. The molecule has 0 aromatic carbocycles. The van der Waals surface area contributed by atoms with E-state index in [1.807, 2.05) is 0 Å². The molecule has 5 nitrogen and oxygen atoms in total. The lowest BCUT2D eigenvalue weighted by Crippen LogP contribution is -2.52. The van der Waals surface area contributed by atoms with E-state index in [1.165, 1.54) is 0 Å². The van der Waals surface area contributed by atoms with Crippen LogP contribution in [0.5, 0.6) is 0 Å². The SMILES string of the molecule is CC1(C(=O)O)CCCC1NC(=O)C1C2CCC(C2)C1N. The molecule has 0 aromatic heterocycles. The summed E-state index contributed by atoms with van der Waals surface area (Å²) in [5.74, 6) is -0.0216. The number of nitrogens with two attached hydrogens (primary N) is 1. The van der Waals surface area contributed by atoms with Gasteiger partial charge in [0.2, 0.25) is 5.91 Å². The van der Waals surface area contributed by atoms with Gasteiger partial charge in [0.25, 0.3) is 0 Å². The van der Waals surface area contributed by atoms with Crippen LogP contribution in [-0.2, 0) is 9.59 Å². The molecule has 20 heavy (non-hydrogen) atoms. The molecule has 112 valence electrons. The van der Waals surface area contributed by atoms with Gasteiger partial charge in [0.15, 0.2) is 0 Å². The van der Waals surface area contributed by atoms with E-state index >= 15 is 0 Å². The summed E-state index contributed by atoms with van der Waals surface area (Å²) in [5, 5.41) is 12.4. The lowest BCUT2D eigenvalue weighted by molar-refractivity contribution is -0.149. The summed E-state index contributed by atoms with van der Waals surface area (Å²) in [7, 11) is 0. The van der Waals surface area contributed by atoms with Crippen molar-refractivity contribution in [1.29, 1.82) is 0 Å². The van der Waals surface area contributed by atoms with Crippen LogP contribution in [0.2, 0.25) is 0 Å². The van der Waals surface area contributed by atoms with Crippen molar-refractivity contribution in [1.82, 2.24) is 5.32 Å². The van der Waals surface area contributed by atoms with Gasteiger partial charge in [-0.2, -0.15) is 0 Å². The van der Waals surface area contributed by atoms with Crippen LogP contribution in [0, 0.1) is 23.2 Å². The number of carboxylic acids is 1. The molecule has 4 N–H and O–H groups in total. The molecule has 3 fully saturated rings. The normalized spacial score (nSPS) is 46.6. The third kappa shape index (κ3) is 1.94. The standard InChI is InChI=1S/C15H24N2O3/c1-15(14(19)20)6-2-3-10(15)17-13(18)11-8-4-5-9(7-8)12(11)16/h8-12H,2-7,16H2,1H3,(H,17,18)(H,19,20). The number of amides is 1. The highest BCUT2D eigenvalue weighted by Crippen LogP contribution is 2.48. The predicted molar refractivity (Wildman–Crippen MR) is 73.8 cm³/mol. The lowest BCUT2D eigenvalue weighted by atomic mass is 9.82. The van der Waals surface area contributed by atoms with Crippen molar-refractivity contribution in [3.8, 4) is 0 Å². The molecule has 0 saturated heterocycles. The minimum atomic E-state index is -0.822. The van der Waals surface area contributed by atoms with Crippen LogP contribution in [-0.4, -0.2) is 29.1 Å². The van der Waals surface area contributed by atoms with Gasteiger partial charge in [0, 0.05) is 12.1 Å². The fourth-order valence-corrected chi connectivity index (χ4v) is 4.65. The maximum absolute atomic E-state index is 12.5. The van der Waals surface area contributed by atoms with Crippen LogP contribution in [0.25, 0.3) is 0 Å². The molecular weight excluding hydrogens is 256 g/mol. The van der Waals surface area contributed by atoms with Crippen LogP contribution in [0.15, 0.2) is 0 Å². The molecule has 3 aliphatic rings. The molecule has 6 unspecified atom stereocenters. The van der Waals surface area contributed by atoms with Gasteiger partial charge < -0.3 is 16.2 Å². The Morgan fingerprint density at radius 3 is 2.55 bits per heavy atom. The topological polar surface area (TPSA) is 92.4 Å². The van der Waals surface area contributed by atoms with Crippen LogP contribution in [0.4, 0.5) is 0 Å². The Kier molecular flexibility index (Phi) is 3.27. The maximum atomic E-state index is 12.5. The molecule has 0 heterocycles. The quantitative estimate of drug-likeness (QED) is 0.722. The molecule has 5 heteroatoms. The summed E-state index contributed by atoms with van der Waals surface area (Å²) in [6, 6.07) is -0.287. The van der Waals surface area contributed by atoms with Gasteiger partial charge in [-0.15, -0.1) is 0 Å². The third-order valence-electron chi connectivity index (χ3n) is 6.05. The van der Waals surface area contributed by atoms with E-state index in [-0.39, 0.29) is 23.9 Å². The molecule has 1 amide bonds. The Balaban J connectivity index is 1.69. The Morgan fingerprint density at radius 1 is 1.25 bits per heavy atom. The number of hydrogen-bond donors (Lipinski definition) is 3. The molecule has 3 rings (SSSR count). The summed E-state index contributed by atoms with van der Waals surface area (Å²) in [6.45, 7) is 1.74. The van der Waals surface area contributed by atoms with E-state index in [0.717, 1.165) is 32.1 Å². The number of nitrogens with one attached hydrogen (secondary N) is 1. The van der Waals surface area contributed by atoms with Gasteiger partial charge in [0.05, 0.1) is 11.3 Å². The number of fused-ring (bicyclic) bond motifs is 2. The Labute approximate surface area is 119 Å². The summed E-state index contributed by atoms with van der Waals surface area (Å²) in [4.78, 5) is 24.0. The largest absolute Gasteiger partial charge is 0.481 e. The van der Waals surface area contributed by atoms with E-state index in [4.69, 9.17) is 5.73 Å². The van der Waals surface area contributed by atoms with Crippen LogP contribution in [0.3, 0.4) is 0 Å². The van der Waals surface area contributed by atoms with Gasteiger partial charge in [-0.3, -0.25) is 9.59 Å². The first-order valence-corrected chi connectivity index (χ1v) is 7.73. The van der Waals surface area contributed by atoms with Crippen LogP contribution >= 0.6 is 0 Å². The molecule has 2 bridgehead atoms. The molecule has 0 aromatic rings. The highest BCUT2D eigenvalue weighted by molar-refractivity contribution is 5.83. The average Bonchev–Trinajstić information content (AvgIpc) is 3.05. The van der Waals surface area contributed by atoms with Crippen LogP contribution < -0.4 is 11.1 Å². The third-order valence-corrected chi connectivity index (χ3v) is 6.05. The lowest BCUT2D eigenvalue weighted by Gasteiger charge is -2.32. The van der Waals surface area contributed by atoms with Crippen molar-refractivity contribution in [2.75, 3.05) is 0 Å². The molecule has 3 saturated carbocycles. The number of carbonyl (C=O) groups excluding carboxylic acids is 1. The predicted octanol–water partition coefficient (Wildman–Crippen LogP) is 1.12. The summed E-state index contributed by atoms with van der Waals surface area (Å²) >= 11 is 0. The average molecular weight is 280 g/mol. The Bertz CT molecular complexity index is 437. The monoisotopic (exact) mass is 280 g/mol. The first-order chi connectivity index (χ1) is 9.43.